The van der Waals surface area contributed by atoms with Crippen LogP contribution in [0.4, 0.5) is 0 Å². The molecule has 102 valence electrons. The SMILES string of the molecule is CCCC(CCC)c1nc(C2CCNCC2)no1. The second-order valence-electron chi connectivity index (χ2n) is 5.29. The van der Waals surface area contributed by atoms with Crippen molar-refractivity contribution < 1.29 is 4.52 Å². The number of nitrogens with one attached hydrogen (secondary N) is 1. The molecule has 1 aromatic rings. The molecule has 0 saturated carbocycles. The molecule has 1 fully saturated rings. The normalized spacial score (nSPS) is 17.5. The van der Waals surface area contributed by atoms with Crippen LogP contribution < -0.4 is 5.32 Å². The molecule has 0 spiro atoms. The van der Waals surface area contributed by atoms with E-state index in [0.717, 1.165) is 50.5 Å². The molecular formula is C14H25N3O. The summed E-state index contributed by atoms with van der Waals surface area (Å²) in [6, 6.07) is 0. The molecule has 2 rings (SSSR count). The van der Waals surface area contributed by atoms with Gasteiger partial charge >= 0.3 is 0 Å². The monoisotopic (exact) mass is 251 g/mol. The van der Waals surface area contributed by atoms with Gasteiger partial charge in [-0.25, -0.2) is 0 Å². The van der Waals surface area contributed by atoms with Crippen molar-refractivity contribution in [2.45, 2.75) is 64.2 Å². The lowest BCUT2D eigenvalue weighted by molar-refractivity contribution is 0.328. The van der Waals surface area contributed by atoms with E-state index in [4.69, 9.17) is 4.52 Å². The molecule has 1 N–H and O–H groups in total. The minimum Gasteiger partial charge on any atom is -0.339 e. The highest BCUT2D eigenvalue weighted by Gasteiger charge is 2.23. The van der Waals surface area contributed by atoms with Crippen molar-refractivity contribution >= 4 is 0 Å². The van der Waals surface area contributed by atoms with Crippen LogP contribution in [0.3, 0.4) is 0 Å². The van der Waals surface area contributed by atoms with Crippen molar-refractivity contribution in [2.24, 2.45) is 0 Å². The highest BCUT2D eigenvalue weighted by Crippen LogP contribution is 2.28. The van der Waals surface area contributed by atoms with Gasteiger partial charge in [0.15, 0.2) is 5.82 Å². The Kier molecular flexibility index (Phi) is 5.17. The standard InChI is InChI=1S/C14H25N3O/c1-3-5-12(6-4-2)14-16-13(17-18-14)11-7-9-15-10-8-11/h11-12,15H,3-10H2,1-2H3. The molecule has 4 heteroatoms. The van der Waals surface area contributed by atoms with Gasteiger partial charge in [0.25, 0.3) is 0 Å². The van der Waals surface area contributed by atoms with Crippen LogP contribution in [-0.4, -0.2) is 23.2 Å². The van der Waals surface area contributed by atoms with E-state index in [1.54, 1.807) is 0 Å². The molecule has 0 amide bonds. The van der Waals surface area contributed by atoms with E-state index >= 15 is 0 Å². The van der Waals surface area contributed by atoms with Crippen LogP contribution in [0.5, 0.6) is 0 Å². The average Bonchev–Trinajstić information content (AvgIpc) is 2.89. The zero-order valence-corrected chi connectivity index (χ0v) is 11.6. The number of hydrogen-bond acceptors (Lipinski definition) is 4. The van der Waals surface area contributed by atoms with E-state index in [0.29, 0.717) is 11.8 Å². The Morgan fingerprint density at radius 1 is 1.22 bits per heavy atom. The Morgan fingerprint density at radius 2 is 1.89 bits per heavy atom. The summed E-state index contributed by atoms with van der Waals surface area (Å²) in [5, 5.41) is 7.58. The van der Waals surface area contributed by atoms with Crippen LogP contribution in [0.2, 0.25) is 0 Å². The highest BCUT2D eigenvalue weighted by molar-refractivity contribution is 5.00. The largest absolute Gasteiger partial charge is 0.339 e. The maximum Gasteiger partial charge on any atom is 0.229 e. The lowest BCUT2D eigenvalue weighted by atomic mass is 9.96. The van der Waals surface area contributed by atoms with Gasteiger partial charge in [-0.05, 0) is 38.8 Å². The summed E-state index contributed by atoms with van der Waals surface area (Å²) in [5.41, 5.74) is 0. The van der Waals surface area contributed by atoms with E-state index in [1.807, 2.05) is 0 Å². The van der Waals surface area contributed by atoms with Gasteiger partial charge in [-0.1, -0.05) is 31.8 Å². The summed E-state index contributed by atoms with van der Waals surface area (Å²) < 4.78 is 5.50. The Bertz CT molecular complexity index is 339. The predicted molar refractivity (Wildman–Crippen MR) is 71.7 cm³/mol. The number of aromatic nitrogens is 2. The quantitative estimate of drug-likeness (QED) is 0.843. The van der Waals surface area contributed by atoms with Crippen molar-refractivity contribution in [1.29, 1.82) is 0 Å². The molecule has 1 aromatic heterocycles. The second-order valence-corrected chi connectivity index (χ2v) is 5.29. The van der Waals surface area contributed by atoms with E-state index in [2.05, 4.69) is 29.3 Å². The Hall–Kier alpha value is -0.900. The molecule has 18 heavy (non-hydrogen) atoms. The minimum absolute atomic E-state index is 0.461. The Labute approximate surface area is 110 Å². The zero-order valence-electron chi connectivity index (χ0n) is 11.6. The maximum absolute atomic E-state index is 5.50. The van der Waals surface area contributed by atoms with Gasteiger partial charge in [-0.15, -0.1) is 0 Å². The molecule has 0 radical (unpaired) electrons. The van der Waals surface area contributed by atoms with Gasteiger partial charge in [0.05, 0.1) is 0 Å². The third kappa shape index (κ3) is 3.31. The molecule has 2 heterocycles. The van der Waals surface area contributed by atoms with Crippen LogP contribution in [-0.2, 0) is 0 Å². The predicted octanol–water partition coefficient (Wildman–Crippen LogP) is 3.22. The number of piperidine rings is 1. The van der Waals surface area contributed by atoms with Gasteiger partial charge in [-0.2, -0.15) is 4.98 Å². The summed E-state index contributed by atoms with van der Waals surface area (Å²) in [7, 11) is 0. The van der Waals surface area contributed by atoms with Gasteiger partial charge < -0.3 is 9.84 Å². The molecular weight excluding hydrogens is 226 g/mol. The van der Waals surface area contributed by atoms with Crippen LogP contribution in [0.1, 0.15) is 75.9 Å². The third-order valence-corrected chi connectivity index (χ3v) is 3.79. The van der Waals surface area contributed by atoms with E-state index in [1.165, 1.54) is 12.8 Å². The fourth-order valence-electron chi connectivity index (χ4n) is 2.75. The molecule has 0 aliphatic carbocycles. The van der Waals surface area contributed by atoms with Crippen molar-refractivity contribution in [2.75, 3.05) is 13.1 Å². The van der Waals surface area contributed by atoms with Crippen molar-refractivity contribution in [1.82, 2.24) is 15.5 Å². The zero-order chi connectivity index (χ0) is 12.8. The second kappa shape index (κ2) is 6.88. The van der Waals surface area contributed by atoms with Crippen LogP contribution >= 0.6 is 0 Å². The van der Waals surface area contributed by atoms with Crippen molar-refractivity contribution in [3.05, 3.63) is 11.7 Å². The summed E-state index contributed by atoms with van der Waals surface area (Å²) in [5.74, 6) is 2.76. The fourth-order valence-corrected chi connectivity index (χ4v) is 2.75. The Morgan fingerprint density at radius 3 is 2.50 bits per heavy atom. The first-order valence-corrected chi connectivity index (χ1v) is 7.39. The Balaban J connectivity index is 2.02. The minimum atomic E-state index is 0.461. The van der Waals surface area contributed by atoms with E-state index in [9.17, 15) is 0 Å². The van der Waals surface area contributed by atoms with Crippen molar-refractivity contribution in [3.8, 4) is 0 Å². The molecule has 0 bridgehead atoms. The molecule has 0 aromatic carbocycles. The van der Waals surface area contributed by atoms with Crippen LogP contribution in [0.15, 0.2) is 4.52 Å². The topological polar surface area (TPSA) is 51.0 Å². The number of nitrogens with zero attached hydrogens (tertiary/aromatic N) is 2. The van der Waals surface area contributed by atoms with Crippen LogP contribution in [0, 0.1) is 0 Å². The molecule has 0 unspecified atom stereocenters. The summed E-state index contributed by atoms with van der Waals surface area (Å²) >= 11 is 0. The molecule has 1 saturated heterocycles. The first-order chi connectivity index (χ1) is 8.85. The van der Waals surface area contributed by atoms with Crippen molar-refractivity contribution in [3.63, 3.8) is 0 Å². The summed E-state index contributed by atoms with van der Waals surface area (Å²) in [6.45, 7) is 6.57. The van der Waals surface area contributed by atoms with E-state index < -0.39 is 0 Å². The first kappa shape index (κ1) is 13.5. The number of rotatable bonds is 6. The fraction of sp³-hybridized carbons (Fsp3) is 0.857. The third-order valence-electron chi connectivity index (χ3n) is 3.79. The number of hydrogen-bond donors (Lipinski definition) is 1. The summed E-state index contributed by atoms with van der Waals surface area (Å²) in [4.78, 5) is 4.67. The van der Waals surface area contributed by atoms with E-state index in [-0.39, 0.29) is 0 Å². The molecule has 0 atom stereocenters. The van der Waals surface area contributed by atoms with Gasteiger partial charge in [-0.3, -0.25) is 0 Å². The lowest BCUT2D eigenvalue weighted by Crippen LogP contribution is -2.27. The first-order valence-electron chi connectivity index (χ1n) is 7.39. The van der Waals surface area contributed by atoms with Gasteiger partial charge in [0, 0.05) is 11.8 Å². The molecule has 1 aliphatic rings. The maximum atomic E-state index is 5.50. The highest BCUT2D eigenvalue weighted by atomic mass is 16.5. The van der Waals surface area contributed by atoms with Gasteiger partial charge in [0.2, 0.25) is 5.89 Å². The van der Waals surface area contributed by atoms with Gasteiger partial charge in [0.1, 0.15) is 0 Å². The average molecular weight is 251 g/mol. The van der Waals surface area contributed by atoms with Crippen LogP contribution in [0.25, 0.3) is 0 Å². The molecule has 1 aliphatic heterocycles. The molecule has 4 nitrogen and oxygen atoms in total. The summed E-state index contributed by atoms with van der Waals surface area (Å²) in [6.07, 6.45) is 6.92. The smallest absolute Gasteiger partial charge is 0.229 e. The lowest BCUT2D eigenvalue weighted by Gasteiger charge is -2.19.